The first kappa shape index (κ1) is 57.0. The number of aromatic nitrogens is 12. The molecule has 0 saturated carbocycles. The number of hydrogen-bond donors (Lipinski definition) is 4. The van der Waals surface area contributed by atoms with E-state index in [1.54, 1.807) is 12.4 Å². The standard InChI is InChI=1S/2C12H15N3.2C10H11N3.4CO2/c2*1-3-11-12(14-15-13-11)8-10-6-4-9(2)5-7-10;2*1-8-2-4-9(5-3-8)6-10-7-11-13-12-10;4*2-1-3/h2*4-7H,3,8H2,1-2H3,(H,13,14,15);2*2-5,7H,6H2,1H3,(H,11,12,13);;;;. The van der Waals surface area contributed by atoms with E-state index in [-0.39, 0.29) is 24.6 Å². The van der Waals surface area contributed by atoms with Gasteiger partial charge in [0.15, 0.2) is 0 Å². The largest absolute Gasteiger partial charge is 0.373 e. The summed E-state index contributed by atoms with van der Waals surface area (Å²) in [6.45, 7) is 12.5. The summed E-state index contributed by atoms with van der Waals surface area (Å²) in [5, 5.41) is 42.6. The molecule has 0 fully saturated rings. The Labute approximate surface area is 391 Å². The van der Waals surface area contributed by atoms with Gasteiger partial charge >= 0.3 is 24.6 Å². The third-order valence-electron chi connectivity index (χ3n) is 9.00. The van der Waals surface area contributed by atoms with Crippen molar-refractivity contribution < 1.29 is 38.4 Å². The quantitative estimate of drug-likeness (QED) is 0.130. The van der Waals surface area contributed by atoms with Crippen molar-refractivity contribution in [2.45, 2.75) is 80.1 Å². The Bertz CT molecular complexity index is 2450. The van der Waals surface area contributed by atoms with E-state index in [1.807, 2.05) is 0 Å². The van der Waals surface area contributed by atoms with Crippen molar-refractivity contribution in [1.82, 2.24) is 61.6 Å². The molecule has 20 heteroatoms. The number of carbonyl (C=O) groups excluding carboxylic acids is 8. The molecular weight excluding hydrogens is 873 g/mol. The average Bonchev–Trinajstić information content (AvgIpc) is 4.19. The third-order valence-corrected chi connectivity index (χ3v) is 9.00. The summed E-state index contributed by atoms with van der Waals surface area (Å²) >= 11 is 0. The molecule has 0 spiro atoms. The SMILES string of the molecule is CCc1n[nH]nc1Cc1ccc(C)cc1.CCc1n[nH]nc1Cc1ccc(C)cc1.Cc1ccc(Cc2cn[nH]n2)cc1.Cc1ccc(Cc2cn[nH]n2)cc1.O=C=O.O=C=O.O=C=O.O=C=O. The third kappa shape index (κ3) is 24.7. The molecule has 0 radical (unpaired) electrons. The number of nitrogens with one attached hydrogen (secondary N) is 4. The van der Waals surface area contributed by atoms with Gasteiger partial charge in [-0.1, -0.05) is 133 Å². The van der Waals surface area contributed by atoms with Gasteiger partial charge < -0.3 is 0 Å². The lowest BCUT2D eigenvalue weighted by atomic mass is 10.1. The molecule has 0 bridgehead atoms. The Morgan fingerprint density at radius 3 is 0.794 bits per heavy atom. The van der Waals surface area contributed by atoms with Crippen LogP contribution in [0.3, 0.4) is 0 Å². The number of hydrogen-bond acceptors (Lipinski definition) is 16. The van der Waals surface area contributed by atoms with Gasteiger partial charge in [0.2, 0.25) is 0 Å². The molecule has 0 saturated heterocycles. The van der Waals surface area contributed by atoms with Crippen LogP contribution in [-0.4, -0.2) is 86.2 Å². The number of aryl methyl sites for hydroxylation is 6. The zero-order valence-corrected chi connectivity index (χ0v) is 38.5. The minimum absolute atomic E-state index is 0.250. The highest BCUT2D eigenvalue weighted by atomic mass is 16.2. The summed E-state index contributed by atoms with van der Waals surface area (Å²) in [7, 11) is 0. The zero-order chi connectivity index (χ0) is 50.4. The van der Waals surface area contributed by atoms with Crippen molar-refractivity contribution in [2.24, 2.45) is 0 Å². The topological polar surface area (TPSA) is 303 Å². The van der Waals surface area contributed by atoms with Gasteiger partial charge in [-0.15, -0.1) is 0 Å². The van der Waals surface area contributed by atoms with Crippen LogP contribution >= 0.6 is 0 Å². The first-order chi connectivity index (χ1) is 32.9. The second-order valence-electron chi connectivity index (χ2n) is 14.0. The summed E-state index contributed by atoms with van der Waals surface area (Å²) in [6, 6.07) is 34.0. The molecular formula is C48H52N12O8. The Balaban J connectivity index is 0.000000420. The van der Waals surface area contributed by atoms with Gasteiger partial charge in [-0.05, 0) is 62.8 Å². The van der Waals surface area contributed by atoms with E-state index in [4.69, 9.17) is 38.4 Å². The Morgan fingerprint density at radius 2 is 0.574 bits per heavy atom. The summed E-state index contributed by atoms with van der Waals surface area (Å²) in [4.78, 5) is 65.0. The van der Waals surface area contributed by atoms with E-state index < -0.39 is 0 Å². The van der Waals surface area contributed by atoms with Crippen molar-refractivity contribution >= 4 is 24.6 Å². The Morgan fingerprint density at radius 1 is 0.338 bits per heavy atom. The molecule has 8 rings (SSSR count). The molecule has 0 aliphatic rings. The lowest BCUT2D eigenvalue weighted by molar-refractivity contribution is -0.193. The molecule has 4 N–H and O–H groups in total. The second kappa shape index (κ2) is 35.3. The number of rotatable bonds is 10. The molecule has 8 aromatic rings. The van der Waals surface area contributed by atoms with Crippen LogP contribution < -0.4 is 0 Å². The molecule has 0 unspecified atom stereocenters. The van der Waals surface area contributed by atoms with Crippen molar-refractivity contribution in [3.63, 3.8) is 0 Å². The van der Waals surface area contributed by atoms with Crippen LogP contribution in [0.1, 0.15) is 92.5 Å². The van der Waals surface area contributed by atoms with Gasteiger partial charge in [-0.25, -0.2) is 0 Å². The predicted octanol–water partition coefficient (Wildman–Crippen LogP) is 5.61. The minimum Gasteiger partial charge on any atom is -0.198 e. The lowest BCUT2D eigenvalue weighted by Crippen LogP contribution is -1.93. The molecule has 20 nitrogen and oxygen atoms in total. The lowest BCUT2D eigenvalue weighted by Gasteiger charge is -2.00. The van der Waals surface area contributed by atoms with Crippen LogP contribution in [0, 0.1) is 27.7 Å². The highest BCUT2D eigenvalue weighted by Crippen LogP contribution is 2.13. The van der Waals surface area contributed by atoms with Crippen LogP contribution in [0.15, 0.2) is 109 Å². The van der Waals surface area contributed by atoms with Crippen LogP contribution in [0.25, 0.3) is 0 Å². The van der Waals surface area contributed by atoms with E-state index in [1.165, 1.54) is 44.5 Å². The van der Waals surface area contributed by atoms with Gasteiger partial charge in [0.05, 0.1) is 46.6 Å². The molecule has 4 aromatic heterocycles. The molecule has 0 aliphatic carbocycles. The molecule has 4 aromatic carbocycles. The zero-order valence-electron chi connectivity index (χ0n) is 38.5. The van der Waals surface area contributed by atoms with Crippen LogP contribution in [0.4, 0.5) is 0 Å². The monoisotopic (exact) mass is 924 g/mol. The normalized spacial score (nSPS) is 9.03. The summed E-state index contributed by atoms with van der Waals surface area (Å²) in [6.07, 6.45) is 9.77. The predicted molar refractivity (Wildman–Crippen MR) is 240 cm³/mol. The maximum Gasteiger partial charge on any atom is 0.373 e. The van der Waals surface area contributed by atoms with Gasteiger partial charge in [0, 0.05) is 25.7 Å². The fourth-order valence-corrected chi connectivity index (χ4v) is 5.65. The van der Waals surface area contributed by atoms with E-state index >= 15 is 0 Å². The first-order valence-electron chi connectivity index (χ1n) is 20.6. The van der Waals surface area contributed by atoms with Crippen molar-refractivity contribution in [1.29, 1.82) is 0 Å². The van der Waals surface area contributed by atoms with Gasteiger partial charge in [-0.2, -0.15) is 100.0 Å². The second-order valence-corrected chi connectivity index (χ2v) is 14.0. The Kier molecular flexibility index (Phi) is 29.6. The Hall–Kier alpha value is -9.04. The number of nitrogens with zero attached hydrogens (tertiary/aromatic N) is 8. The number of aromatic amines is 4. The van der Waals surface area contributed by atoms with E-state index in [9.17, 15) is 0 Å². The molecule has 0 atom stereocenters. The van der Waals surface area contributed by atoms with E-state index in [2.05, 4.69) is 200 Å². The fraction of sp³-hybridized carbons (Fsp3) is 0.250. The minimum atomic E-state index is 0.250. The van der Waals surface area contributed by atoms with E-state index in [0.29, 0.717) is 0 Å². The first-order valence-corrected chi connectivity index (χ1v) is 20.6. The molecule has 4 heterocycles. The molecule has 0 aliphatic heterocycles. The molecule has 68 heavy (non-hydrogen) atoms. The average molecular weight is 925 g/mol. The fourth-order valence-electron chi connectivity index (χ4n) is 5.65. The highest BCUT2D eigenvalue weighted by Gasteiger charge is 2.07. The van der Waals surface area contributed by atoms with E-state index in [0.717, 1.165) is 72.7 Å². The number of benzene rings is 4. The van der Waals surface area contributed by atoms with Gasteiger partial charge in [0.1, 0.15) is 0 Å². The molecule has 0 amide bonds. The van der Waals surface area contributed by atoms with Crippen LogP contribution in [0.2, 0.25) is 0 Å². The van der Waals surface area contributed by atoms with Crippen LogP contribution in [0.5, 0.6) is 0 Å². The smallest absolute Gasteiger partial charge is 0.198 e. The van der Waals surface area contributed by atoms with Gasteiger partial charge in [0.25, 0.3) is 0 Å². The van der Waals surface area contributed by atoms with Crippen molar-refractivity contribution in [2.75, 3.05) is 0 Å². The van der Waals surface area contributed by atoms with Crippen molar-refractivity contribution in [3.05, 3.63) is 188 Å². The summed E-state index contributed by atoms with van der Waals surface area (Å²) in [5.41, 5.74) is 16.4. The van der Waals surface area contributed by atoms with Gasteiger partial charge in [-0.3, -0.25) is 0 Å². The summed E-state index contributed by atoms with van der Waals surface area (Å²) < 4.78 is 0. The molecule has 352 valence electrons. The summed E-state index contributed by atoms with van der Waals surface area (Å²) in [5.74, 6) is 0. The van der Waals surface area contributed by atoms with Crippen LogP contribution in [-0.2, 0) is 76.9 Å². The number of H-pyrrole nitrogens is 4. The maximum atomic E-state index is 8.12. The van der Waals surface area contributed by atoms with Crippen molar-refractivity contribution in [3.8, 4) is 0 Å². The maximum absolute atomic E-state index is 8.12. The highest BCUT2D eigenvalue weighted by molar-refractivity contribution is 5.29.